The number of rotatable bonds is 15. The molecular weight excluding hydrogens is 556 g/mol. The van der Waals surface area contributed by atoms with Crippen LogP contribution in [0.4, 0.5) is 0 Å². The molecule has 3 aromatic rings. The number of thiazole rings is 1. The Kier molecular flexibility index (Phi) is 11.7. The number of amidine groups is 1. The van der Waals surface area contributed by atoms with Crippen LogP contribution in [-0.4, -0.2) is 53.8 Å². The van der Waals surface area contributed by atoms with Crippen LogP contribution in [0.1, 0.15) is 92.5 Å². The molecule has 7 nitrogen and oxygen atoms in total. The summed E-state index contributed by atoms with van der Waals surface area (Å²) in [7, 11) is 0. The molecule has 2 aromatic carbocycles. The van der Waals surface area contributed by atoms with Crippen molar-refractivity contribution < 1.29 is 14.7 Å². The maximum atomic E-state index is 8.77. The topological polar surface area (TPSA) is 93.2 Å². The summed E-state index contributed by atoms with van der Waals surface area (Å²) < 4.78 is 11.9. The van der Waals surface area contributed by atoms with Gasteiger partial charge in [0.2, 0.25) is 0 Å². The lowest BCUT2D eigenvalue weighted by Gasteiger charge is -2.30. The molecule has 2 heterocycles. The Morgan fingerprint density at radius 2 is 1.56 bits per heavy atom. The first kappa shape index (κ1) is 31.3. The van der Waals surface area contributed by atoms with Gasteiger partial charge in [-0.3, -0.25) is 0 Å². The monoisotopic (exact) mass is 604 g/mol. The molecule has 1 aromatic heterocycles. The fourth-order valence-electron chi connectivity index (χ4n) is 6.35. The summed E-state index contributed by atoms with van der Waals surface area (Å²) in [5, 5.41) is 13.1. The first-order valence-electron chi connectivity index (χ1n) is 16.3. The minimum absolute atomic E-state index is 0.0937. The third-order valence-corrected chi connectivity index (χ3v) is 10.1. The predicted octanol–water partition coefficient (Wildman–Crippen LogP) is 7.85. The molecule has 0 unspecified atom stereocenters. The van der Waals surface area contributed by atoms with Gasteiger partial charge >= 0.3 is 0 Å². The van der Waals surface area contributed by atoms with Gasteiger partial charge in [0.15, 0.2) is 5.84 Å². The van der Waals surface area contributed by atoms with E-state index in [1.54, 1.807) is 12.1 Å². The lowest BCUT2D eigenvalue weighted by Crippen LogP contribution is -2.33. The molecule has 2 aliphatic rings. The Hall–Kier alpha value is -3.10. The predicted molar refractivity (Wildman–Crippen MR) is 176 cm³/mol. The first-order chi connectivity index (χ1) is 21.1. The van der Waals surface area contributed by atoms with E-state index in [2.05, 4.69) is 41.2 Å². The number of hydrogen-bond donors (Lipinski definition) is 2. The molecule has 8 heteroatoms. The Balaban J connectivity index is 1.09. The molecule has 0 atom stereocenters. The number of likely N-dealkylation sites (tertiary alicyclic amines) is 1. The van der Waals surface area contributed by atoms with Gasteiger partial charge in [-0.15, -0.1) is 11.3 Å². The van der Waals surface area contributed by atoms with Crippen molar-refractivity contribution in [3.8, 4) is 22.8 Å². The van der Waals surface area contributed by atoms with Crippen LogP contribution in [0.2, 0.25) is 0 Å². The lowest BCUT2D eigenvalue weighted by molar-refractivity contribution is 0.212. The standard InChI is InChI=1S/C35H48N4O3S/c1-2-20-39-21-18-29(19-22-39)35-37-33(32(43-35)25-26-8-4-5-9-26)27-10-14-30(15-11-27)41-23-6-3-7-24-42-31-16-12-28(13-17-31)34(36)38-40/h10-17,26,29,40H,2-9,18-25H2,1H3,(H2,36,38). The highest BCUT2D eigenvalue weighted by Gasteiger charge is 2.26. The zero-order valence-electron chi connectivity index (χ0n) is 25.7. The Morgan fingerprint density at radius 1 is 0.930 bits per heavy atom. The van der Waals surface area contributed by atoms with E-state index < -0.39 is 0 Å². The van der Waals surface area contributed by atoms with Gasteiger partial charge in [0.25, 0.3) is 0 Å². The number of nitrogens with two attached hydrogens (primary N) is 1. The van der Waals surface area contributed by atoms with Crippen LogP contribution in [0.15, 0.2) is 53.7 Å². The quantitative estimate of drug-likeness (QED) is 0.0603. The Labute approximate surface area is 261 Å². The van der Waals surface area contributed by atoms with E-state index in [1.807, 2.05) is 23.5 Å². The molecule has 3 N–H and O–H groups in total. The minimum Gasteiger partial charge on any atom is -0.494 e. The fourth-order valence-corrected chi connectivity index (χ4v) is 7.73. The second kappa shape index (κ2) is 16.1. The smallest absolute Gasteiger partial charge is 0.170 e. The molecular formula is C35H48N4O3S. The molecule has 1 saturated heterocycles. The van der Waals surface area contributed by atoms with Gasteiger partial charge < -0.3 is 25.3 Å². The van der Waals surface area contributed by atoms with Crippen molar-refractivity contribution in [1.82, 2.24) is 9.88 Å². The number of piperidine rings is 1. The molecule has 1 aliphatic heterocycles. The van der Waals surface area contributed by atoms with Crippen molar-refractivity contribution in [1.29, 1.82) is 0 Å². The Bertz CT molecular complexity index is 1280. The van der Waals surface area contributed by atoms with Gasteiger partial charge in [-0.05, 0) is 119 Å². The normalized spacial score (nSPS) is 17.0. The maximum absolute atomic E-state index is 8.77. The van der Waals surface area contributed by atoms with E-state index in [1.165, 1.54) is 92.1 Å². The number of benzene rings is 2. The summed E-state index contributed by atoms with van der Waals surface area (Å²) in [6, 6.07) is 15.9. The van der Waals surface area contributed by atoms with Gasteiger partial charge in [-0.2, -0.15) is 0 Å². The van der Waals surface area contributed by atoms with E-state index >= 15 is 0 Å². The van der Waals surface area contributed by atoms with E-state index in [0.717, 1.165) is 36.7 Å². The summed E-state index contributed by atoms with van der Waals surface area (Å²) in [4.78, 5) is 9.42. The van der Waals surface area contributed by atoms with E-state index in [9.17, 15) is 0 Å². The van der Waals surface area contributed by atoms with E-state index in [0.29, 0.717) is 24.7 Å². The van der Waals surface area contributed by atoms with Crippen LogP contribution in [0.5, 0.6) is 11.5 Å². The van der Waals surface area contributed by atoms with Gasteiger partial charge in [-0.25, -0.2) is 4.98 Å². The number of nitrogens with zero attached hydrogens (tertiary/aromatic N) is 3. The number of unbranched alkanes of at least 4 members (excludes halogenated alkanes) is 2. The average molecular weight is 605 g/mol. The van der Waals surface area contributed by atoms with E-state index in [-0.39, 0.29) is 5.84 Å². The van der Waals surface area contributed by atoms with E-state index in [4.69, 9.17) is 25.4 Å². The molecule has 1 saturated carbocycles. The molecule has 1 aliphatic carbocycles. The molecule has 232 valence electrons. The van der Waals surface area contributed by atoms with Gasteiger partial charge in [-0.1, -0.05) is 37.8 Å². The molecule has 0 radical (unpaired) electrons. The summed E-state index contributed by atoms with van der Waals surface area (Å²) in [5.74, 6) is 3.21. The zero-order valence-corrected chi connectivity index (χ0v) is 26.5. The lowest BCUT2D eigenvalue weighted by atomic mass is 9.97. The molecule has 0 spiro atoms. The first-order valence-corrected chi connectivity index (χ1v) is 17.1. The van der Waals surface area contributed by atoms with Crippen molar-refractivity contribution in [3.63, 3.8) is 0 Å². The van der Waals surface area contributed by atoms with Crippen molar-refractivity contribution in [2.24, 2.45) is 16.8 Å². The fraction of sp³-hybridized carbons (Fsp3) is 0.543. The van der Waals surface area contributed by atoms with Crippen LogP contribution < -0.4 is 15.2 Å². The van der Waals surface area contributed by atoms with Crippen LogP contribution >= 0.6 is 11.3 Å². The van der Waals surface area contributed by atoms with Crippen LogP contribution in [0, 0.1) is 5.92 Å². The zero-order chi connectivity index (χ0) is 29.9. The summed E-state index contributed by atoms with van der Waals surface area (Å²) in [6.07, 6.45) is 13.4. The highest BCUT2D eigenvalue weighted by atomic mass is 32.1. The molecule has 5 rings (SSSR count). The SMILES string of the molecule is CCCN1CCC(c2nc(-c3ccc(OCCCCCOc4ccc(C(N)=NO)cc4)cc3)c(CC3CCCC3)s2)CC1. The van der Waals surface area contributed by atoms with Crippen LogP contribution in [0.3, 0.4) is 0 Å². The largest absolute Gasteiger partial charge is 0.494 e. The molecule has 2 fully saturated rings. The van der Waals surface area contributed by atoms with Gasteiger partial charge in [0.1, 0.15) is 11.5 Å². The second-order valence-corrected chi connectivity index (χ2v) is 13.2. The van der Waals surface area contributed by atoms with Crippen LogP contribution in [0.25, 0.3) is 11.3 Å². The van der Waals surface area contributed by atoms with Crippen molar-refractivity contribution in [2.45, 2.75) is 83.5 Å². The number of hydrogen-bond acceptors (Lipinski definition) is 7. The number of oxime groups is 1. The molecule has 0 bridgehead atoms. The van der Waals surface area contributed by atoms with Gasteiger partial charge in [0, 0.05) is 21.9 Å². The van der Waals surface area contributed by atoms with Gasteiger partial charge in [0.05, 0.1) is 23.9 Å². The molecule has 0 amide bonds. The van der Waals surface area contributed by atoms with Crippen LogP contribution in [-0.2, 0) is 6.42 Å². The Morgan fingerprint density at radius 3 is 2.16 bits per heavy atom. The highest BCUT2D eigenvalue weighted by molar-refractivity contribution is 7.12. The summed E-state index contributed by atoms with van der Waals surface area (Å²) in [6.45, 7) is 7.25. The van der Waals surface area contributed by atoms with Crippen molar-refractivity contribution in [3.05, 3.63) is 64.0 Å². The number of aromatic nitrogens is 1. The summed E-state index contributed by atoms with van der Waals surface area (Å²) >= 11 is 2.00. The molecule has 43 heavy (non-hydrogen) atoms. The number of ether oxygens (including phenoxy) is 2. The summed E-state index contributed by atoms with van der Waals surface area (Å²) in [5.41, 5.74) is 8.71. The minimum atomic E-state index is 0.0937. The highest BCUT2D eigenvalue weighted by Crippen LogP contribution is 2.40. The second-order valence-electron chi connectivity index (χ2n) is 12.1. The third kappa shape index (κ3) is 8.96. The van der Waals surface area contributed by atoms with Crippen molar-refractivity contribution >= 4 is 17.2 Å². The third-order valence-electron chi connectivity index (χ3n) is 8.85. The average Bonchev–Trinajstić information content (AvgIpc) is 3.72. The maximum Gasteiger partial charge on any atom is 0.170 e. The van der Waals surface area contributed by atoms with Crippen molar-refractivity contribution in [2.75, 3.05) is 32.8 Å².